The zero-order chi connectivity index (χ0) is 0. The molecule has 0 amide bonds. The van der Waals surface area contributed by atoms with Gasteiger partial charge in [0.2, 0.25) is 0 Å². The van der Waals surface area contributed by atoms with Crippen LogP contribution in [0.5, 0.6) is 0 Å². The number of hydrogen-bond acceptors (Lipinski definition) is 0. The zero-order valence-corrected chi connectivity index (χ0v) is 4.24. The standard InChI is InChI=1S/Cu.Ga.In.2H2S.6H/h;;;2*1H2;;;;;;. The van der Waals surface area contributed by atoms with Gasteiger partial charge in [-0.15, -0.1) is 0 Å². The Morgan fingerprint density at radius 2 is 0.800 bits per heavy atom. The van der Waals surface area contributed by atoms with Crippen molar-refractivity contribution in [1.82, 2.24) is 0 Å². The Labute approximate surface area is 88.4 Å². The third kappa shape index (κ3) is 20.2. The van der Waals surface area contributed by atoms with E-state index in [9.17, 15) is 0 Å². The second-order valence-electron chi connectivity index (χ2n) is 0. The zero-order valence-electron chi connectivity index (χ0n) is 1.30. The SMILES string of the molecule is S.S.[Cu].[GaH3].[InH3]. The summed E-state index contributed by atoms with van der Waals surface area (Å²) in [4.78, 5) is 0. The third-order valence-electron chi connectivity index (χ3n) is 0. The van der Waals surface area contributed by atoms with Crippen LogP contribution in [0.2, 0.25) is 0 Å². The van der Waals surface area contributed by atoms with Crippen molar-refractivity contribution in [3.05, 3.63) is 0 Å². The molecule has 0 heterocycles. The van der Waals surface area contributed by atoms with Gasteiger partial charge in [0.05, 0.1) is 0 Å². The summed E-state index contributed by atoms with van der Waals surface area (Å²) in [5, 5.41) is 0. The molecule has 0 aliphatic carbocycles. The average Bonchev–Trinajstić information content (AvgIpc) is 0. The van der Waals surface area contributed by atoms with Crippen molar-refractivity contribution >= 4 is 72.6 Å². The van der Waals surface area contributed by atoms with E-state index in [1.54, 1.807) is 0 Å². The average molecular weight is 322 g/mol. The first-order chi connectivity index (χ1) is 0. The van der Waals surface area contributed by atoms with E-state index in [1.165, 1.54) is 0 Å². The molecule has 0 aromatic carbocycles. The number of rotatable bonds is 0. The van der Waals surface area contributed by atoms with Gasteiger partial charge in [-0.05, 0) is 0 Å². The fourth-order valence-electron chi connectivity index (χ4n) is 0. The van der Waals surface area contributed by atoms with Crippen molar-refractivity contribution in [3.63, 3.8) is 0 Å². The van der Waals surface area contributed by atoms with Gasteiger partial charge in [-0.1, -0.05) is 0 Å². The molecule has 0 aromatic rings. The quantitative estimate of drug-likeness (QED) is 0.447. The molecule has 0 N–H and O–H groups in total. The van der Waals surface area contributed by atoms with Crippen molar-refractivity contribution in [1.29, 1.82) is 0 Å². The van der Waals surface area contributed by atoms with Gasteiger partial charge in [0.25, 0.3) is 0 Å². The van der Waals surface area contributed by atoms with Gasteiger partial charge < -0.3 is 0 Å². The van der Waals surface area contributed by atoms with Gasteiger partial charge >= 0.3 is 45.6 Å². The minimum atomic E-state index is 0. The summed E-state index contributed by atoms with van der Waals surface area (Å²) in [6, 6.07) is 0. The molecule has 0 atom stereocenters. The predicted molar refractivity (Wildman–Crippen MR) is 40.6 cm³/mol. The van der Waals surface area contributed by atoms with Gasteiger partial charge in [0, 0.05) is 17.1 Å². The normalized spacial score (nSPS) is 0. The molecular formula is H10CuGaInS2. The minimum absolute atomic E-state index is 0. The summed E-state index contributed by atoms with van der Waals surface area (Å²) in [5.41, 5.74) is 0. The Hall–Kier alpha value is 2.73. The van der Waals surface area contributed by atoms with Crippen LogP contribution in [0.25, 0.3) is 0 Å². The van der Waals surface area contributed by atoms with Crippen molar-refractivity contribution in [2.45, 2.75) is 0 Å². The van der Waals surface area contributed by atoms with Gasteiger partial charge in [-0.3, -0.25) is 0 Å². The second-order valence-corrected chi connectivity index (χ2v) is 0. The summed E-state index contributed by atoms with van der Waals surface area (Å²) >= 11 is 0. The predicted octanol–water partition coefficient (Wildman–Crippen LogP) is -2.14. The van der Waals surface area contributed by atoms with Crippen LogP contribution in [0.15, 0.2) is 0 Å². The summed E-state index contributed by atoms with van der Waals surface area (Å²) in [6.45, 7) is 0. The summed E-state index contributed by atoms with van der Waals surface area (Å²) < 4.78 is 0. The fraction of sp³-hybridized carbons (Fsp3) is 0. The Morgan fingerprint density at radius 1 is 0.800 bits per heavy atom. The van der Waals surface area contributed by atoms with Crippen LogP contribution < -0.4 is 0 Å². The maximum atomic E-state index is 0. The molecule has 0 bridgehead atoms. The van der Waals surface area contributed by atoms with Crippen molar-refractivity contribution in [3.8, 4) is 0 Å². The molecule has 0 saturated carbocycles. The molecule has 0 aliphatic heterocycles. The van der Waals surface area contributed by atoms with E-state index in [-0.39, 0.29) is 89.7 Å². The summed E-state index contributed by atoms with van der Waals surface area (Å²) in [5.74, 6) is 0. The van der Waals surface area contributed by atoms with E-state index in [2.05, 4.69) is 0 Å². The molecular weight excluding hydrogens is 312 g/mol. The monoisotopic (exact) mass is 321 g/mol. The first kappa shape index (κ1) is 47.0. The Morgan fingerprint density at radius 3 is 0.800 bits per heavy atom. The van der Waals surface area contributed by atoms with Crippen molar-refractivity contribution in [2.75, 3.05) is 0 Å². The van der Waals surface area contributed by atoms with Crippen LogP contribution in [0.4, 0.5) is 0 Å². The Balaban J connectivity index is 0. The van der Waals surface area contributed by atoms with Crippen LogP contribution in [0, 0.1) is 0 Å². The summed E-state index contributed by atoms with van der Waals surface area (Å²) in [7, 11) is 0. The molecule has 0 rings (SSSR count). The Kier molecular flexibility index (Phi) is 279. The Bertz CT molecular complexity index is 9.61. The molecule has 39 valence electrons. The van der Waals surface area contributed by atoms with Gasteiger partial charge in [-0.2, -0.15) is 27.0 Å². The number of hydrogen-bond donors (Lipinski definition) is 0. The fourth-order valence-corrected chi connectivity index (χ4v) is 0. The van der Waals surface area contributed by atoms with Crippen LogP contribution in [0.1, 0.15) is 0 Å². The first-order valence-corrected chi connectivity index (χ1v) is 0. The van der Waals surface area contributed by atoms with Crippen molar-refractivity contribution < 1.29 is 17.1 Å². The maximum absolute atomic E-state index is 0. The van der Waals surface area contributed by atoms with E-state index in [1.807, 2.05) is 0 Å². The molecule has 0 fully saturated rings. The topological polar surface area (TPSA) is 0 Å². The first-order valence-electron chi connectivity index (χ1n) is 0. The van der Waals surface area contributed by atoms with Crippen LogP contribution in [-0.4, -0.2) is 45.6 Å². The van der Waals surface area contributed by atoms with Crippen LogP contribution >= 0.6 is 27.0 Å². The van der Waals surface area contributed by atoms with Gasteiger partial charge in [0.1, 0.15) is 0 Å². The van der Waals surface area contributed by atoms with E-state index in [0.29, 0.717) is 0 Å². The van der Waals surface area contributed by atoms with Gasteiger partial charge in [-0.25, -0.2) is 0 Å². The van der Waals surface area contributed by atoms with E-state index >= 15 is 0 Å². The molecule has 5 heteroatoms. The third-order valence-corrected chi connectivity index (χ3v) is 0. The molecule has 0 aromatic heterocycles. The van der Waals surface area contributed by atoms with E-state index in [4.69, 9.17) is 0 Å². The molecule has 0 aliphatic rings. The van der Waals surface area contributed by atoms with Gasteiger partial charge in [0.15, 0.2) is 0 Å². The molecule has 0 unspecified atom stereocenters. The molecule has 0 spiro atoms. The van der Waals surface area contributed by atoms with Crippen molar-refractivity contribution in [2.24, 2.45) is 0 Å². The summed E-state index contributed by atoms with van der Waals surface area (Å²) in [6.07, 6.45) is 0. The van der Waals surface area contributed by atoms with Crippen LogP contribution in [0.3, 0.4) is 0 Å². The van der Waals surface area contributed by atoms with E-state index < -0.39 is 0 Å². The molecule has 0 nitrogen and oxygen atoms in total. The molecule has 1 radical (unpaired) electrons. The molecule has 0 saturated heterocycles. The second kappa shape index (κ2) is 29.7. The van der Waals surface area contributed by atoms with E-state index in [0.717, 1.165) is 0 Å². The molecule has 5 heavy (non-hydrogen) atoms. The van der Waals surface area contributed by atoms with Crippen LogP contribution in [-0.2, 0) is 17.1 Å².